The lowest BCUT2D eigenvalue weighted by molar-refractivity contribution is 0.911. The minimum absolute atomic E-state index is 0.650. The first-order chi connectivity index (χ1) is 2.77. The summed E-state index contributed by atoms with van der Waals surface area (Å²) in [5.41, 5.74) is 0. The number of likely N-dealkylation sites (N-methyl/N-ethyl adjacent to an activating group) is 1. The van der Waals surface area contributed by atoms with Gasteiger partial charge in [-0.05, 0) is 7.05 Å². The summed E-state index contributed by atoms with van der Waals surface area (Å²) in [7, 11) is 1.83. The van der Waals surface area contributed by atoms with E-state index >= 15 is 0 Å². The average molecular weight is 106 g/mol. The molecule has 0 radical (unpaired) electrons. The molecule has 0 bridgehead atoms. The van der Waals surface area contributed by atoms with Crippen molar-refractivity contribution in [2.75, 3.05) is 13.6 Å². The van der Waals surface area contributed by atoms with Crippen LogP contribution in [0.4, 0.5) is 0 Å². The molecule has 0 aliphatic heterocycles. The molecule has 1 nitrogen and oxygen atoms in total. The Morgan fingerprint density at radius 3 is 2.50 bits per heavy atom. The molecule has 0 amide bonds. The minimum atomic E-state index is 0.650. The number of nitrogens with one attached hydrogen (secondary N) is 1. The summed E-state index contributed by atoms with van der Waals surface area (Å²) in [5.74, 6) is 0. The number of hydrogen-bond donors (Lipinski definition) is 1. The van der Waals surface area contributed by atoms with Gasteiger partial charge in [0.1, 0.15) is 0 Å². The van der Waals surface area contributed by atoms with Gasteiger partial charge in [0, 0.05) is 11.6 Å². The highest BCUT2D eigenvalue weighted by molar-refractivity contribution is 6.29. The summed E-state index contributed by atoms with van der Waals surface area (Å²) < 4.78 is 0. The van der Waals surface area contributed by atoms with Crippen LogP contribution in [0.3, 0.4) is 0 Å². The third-order valence-corrected chi connectivity index (χ3v) is 0.502. The quantitative estimate of drug-likeness (QED) is 0.552. The number of halogens is 1. The minimum Gasteiger partial charge on any atom is -0.315 e. The molecule has 0 aliphatic rings. The molecule has 0 fully saturated rings. The second-order valence-corrected chi connectivity index (χ2v) is 1.58. The first-order valence-electron chi connectivity index (χ1n) is 1.75. The van der Waals surface area contributed by atoms with Gasteiger partial charge >= 0.3 is 0 Å². The lowest BCUT2D eigenvalue weighted by atomic mass is 10.6. The molecule has 0 aromatic heterocycles. The van der Waals surface area contributed by atoms with Crippen LogP contribution in [0.2, 0.25) is 0 Å². The SMILES string of the molecule is C=C(Cl)CNC. The molecule has 0 saturated carbocycles. The van der Waals surface area contributed by atoms with E-state index in [2.05, 4.69) is 11.9 Å². The molecule has 36 valence electrons. The van der Waals surface area contributed by atoms with Gasteiger partial charge in [-0.3, -0.25) is 0 Å². The predicted octanol–water partition coefficient (Wildman–Crippen LogP) is 0.958. The summed E-state index contributed by atoms with van der Waals surface area (Å²) in [6.07, 6.45) is 0. The molecule has 2 heteroatoms. The van der Waals surface area contributed by atoms with Gasteiger partial charge in [0.2, 0.25) is 0 Å². The molecule has 0 spiro atoms. The maximum atomic E-state index is 5.32. The fourth-order valence-electron chi connectivity index (χ4n) is 0.192. The van der Waals surface area contributed by atoms with Crippen LogP contribution < -0.4 is 5.32 Å². The lowest BCUT2D eigenvalue weighted by Gasteiger charge is -1.88. The highest BCUT2D eigenvalue weighted by Gasteiger charge is 1.77. The largest absolute Gasteiger partial charge is 0.315 e. The van der Waals surface area contributed by atoms with Crippen molar-refractivity contribution in [3.8, 4) is 0 Å². The summed E-state index contributed by atoms with van der Waals surface area (Å²) in [4.78, 5) is 0. The van der Waals surface area contributed by atoms with Crippen molar-refractivity contribution in [1.82, 2.24) is 5.32 Å². The predicted molar refractivity (Wildman–Crippen MR) is 28.9 cm³/mol. The van der Waals surface area contributed by atoms with Gasteiger partial charge < -0.3 is 5.32 Å². The Labute approximate surface area is 43.0 Å². The van der Waals surface area contributed by atoms with Crippen molar-refractivity contribution in [1.29, 1.82) is 0 Å². The van der Waals surface area contributed by atoms with Crippen molar-refractivity contribution in [2.24, 2.45) is 0 Å². The van der Waals surface area contributed by atoms with Crippen LogP contribution in [-0.4, -0.2) is 13.6 Å². The fraction of sp³-hybridized carbons (Fsp3) is 0.500. The van der Waals surface area contributed by atoms with E-state index in [9.17, 15) is 0 Å². The van der Waals surface area contributed by atoms with Crippen molar-refractivity contribution in [2.45, 2.75) is 0 Å². The fourth-order valence-corrected chi connectivity index (χ4v) is 0.325. The Balaban J connectivity index is 2.83. The Hall–Kier alpha value is -0.0100. The Bertz CT molecular complexity index is 51.5. The van der Waals surface area contributed by atoms with Crippen LogP contribution in [0.5, 0.6) is 0 Å². The molecule has 0 rings (SSSR count). The Morgan fingerprint density at radius 1 is 2.00 bits per heavy atom. The molecule has 0 atom stereocenters. The van der Waals surface area contributed by atoms with E-state index in [0.29, 0.717) is 11.6 Å². The van der Waals surface area contributed by atoms with Gasteiger partial charge in [-0.2, -0.15) is 0 Å². The van der Waals surface area contributed by atoms with Crippen LogP contribution in [0, 0.1) is 0 Å². The highest BCUT2D eigenvalue weighted by atomic mass is 35.5. The van der Waals surface area contributed by atoms with Gasteiger partial charge in [-0.1, -0.05) is 18.2 Å². The molecule has 0 aromatic carbocycles. The van der Waals surface area contributed by atoms with Crippen molar-refractivity contribution >= 4 is 11.6 Å². The van der Waals surface area contributed by atoms with E-state index in [-0.39, 0.29) is 0 Å². The molecule has 0 unspecified atom stereocenters. The van der Waals surface area contributed by atoms with Crippen molar-refractivity contribution < 1.29 is 0 Å². The topological polar surface area (TPSA) is 12.0 Å². The van der Waals surface area contributed by atoms with E-state index in [1.807, 2.05) is 7.05 Å². The lowest BCUT2D eigenvalue weighted by Crippen LogP contribution is -2.06. The van der Waals surface area contributed by atoms with Crippen molar-refractivity contribution in [3.63, 3.8) is 0 Å². The summed E-state index contributed by atoms with van der Waals surface area (Å²) in [6, 6.07) is 0. The van der Waals surface area contributed by atoms with Gasteiger partial charge in [0.25, 0.3) is 0 Å². The highest BCUT2D eigenvalue weighted by Crippen LogP contribution is 1.89. The van der Waals surface area contributed by atoms with Crippen LogP contribution >= 0.6 is 11.6 Å². The summed E-state index contributed by atoms with van der Waals surface area (Å²) >= 11 is 5.32. The van der Waals surface area contributed by atoms with Gasteiger partial charge in [0.15, 0.2) is 0 Å². The zero-order valence-corrected chi connectivity index (χ0v) is 4.55. The van der Waals surface area contributed by atoms with Crippen LogP contribution in [0.15, 0.2) is 11.6 Å². The number of rotatable bonds is 2. The summed E-state index contributed by atoms with van der Waals surface area (Å²) in [6.45, 7) is 4.14. The summed E-state index contributed by atoms with van der Waals surface area (Å²) in [5, 5.41) is 3.49. The van der Waals surface area contributed by atoms with E-state index in [1.165, 1.54) is 0 Å². The Morgan fingerprint density at radius 2 is 2.50 bits per heavy atom. The zero-order chi connectivity index (χ0) is 4.99. The maximum absolute atomic E-state index is 5.32. The van der Waals surface area contributed by atoms with E-state index in [0.717, 1.165) is 0 Å². The molecule has 0 saturated heterocycles. The second-order valence-electron chi connectivity index (χ2n) is 1.05. The number of hydrogen-bond acceptors (Lipinski definition) is 1. The standard InChI is InChI=1S/C4H8ClN/c1-4(5)3-6-2/h6H,1,3H2,2H3. The van der Waals surface area contributed by atoms with Gasteiger partial charge in [0.05, 0.1) is 0 Å². The third-order valence-electron chi connectivity index (χ3n) is 0.369. The van der Waals surface area contributed by atoms with Crippen LogP contribution in [0.25, 0.3) is 0 Å². The van der Waals surface area contributed by atoms with Crippen molar-refractivity contribution in [3.05, 3.63) is 11.6 Å². The average Bonchev–Trinajstić information content (AvgIpc) is 1.35. The first kappa shape index (κ1) is 5.99. The Kier molecular flexibility index (Phi) is 3.19. The second kappa shape index (κ2) is 3.19. The first-order valence-corrected chi connectivity index (χ1v) is 2.13. The molecule has 0 aliphatic carbocycles. The van der Waals surface area contributed by atoms with Gasteiger partial charge in [-0.25, -0.2) is 0 Å². The molecule has 6 heavy (non-hydrogen) atoms. The van der Waals surface area contributed by atoms with Crippen LogP contribution in [0.1, 0.15) is 0 Å². The molecular weight excluding hydrogens is 97.5 g/mol. The van der Waals surface area contributed by atoms with E-state index in [1.54, 1.807) is 0 Å². The van der Waals surface area contributed by atoms with Gasteiger partial charge in [-0.15, -0.1) is 0 Å². The smallest absolute Gasteiger partial charge is 0.0304 e. The zero-order valence-electron chi connectivity index (χ0n) is 3.79. The monoisotopic (exact) mass is 105 g/mol. The molecule has 0 heterocycles. The van der Waals surface area contributed by atoms with E-state index < -0.39 is 0 Å². The molecular formula is C4H8ClN. The molecule has 0 aromatic rings. The van der Waals surface area contributed by atoms with Crippen LogP contribution in [-0.2, 0) is 0 Å². The normalized spacial score (nSPS) is 8.33. The maximum Gasteiger partial charge on any atom is 0.0304 e. The third kappa shape index (κ3) is 3.99. The van der Waals surface area contributed by atoms with E-state index in [4.69, 9.17) is 11.6 Å². The molecule has 1 N–H and O–H groups in total.